The fourth-order valence-electron chi connectivity index (χ4n) is 3.44. The quantitative estimate of drug-likeness (QED) is 0.459. The maximum absolute atomic E-state index is 13.0. The van der Waals surface area contributed by atoms with Crippen LogP contribution in [0.3, 0.4) is 0 Å². The summed E-state index contributed by atoms with van der Waals surface area (Å²) in [5.41, 5.74) is 0.636. The molecule has 3 aromatic rings. The van der Waals surface area contributed by atoms with E-state index >= 15 is 0 Å². The third kappa shape index (κ3) is 3.49. The molecule has 2 heterocycles. The van der Waals surface area contributed by atoms with E-state index in [0.717, 1.165) is 9.86 Å². The Morgan fingerprint density at radius 1 is 1.14 bits per heavy atom. The monoisotopic (exact) mass is 452 g/mol. The first-order valence-corrected chi connectivity index (χ1v) is 9.72. The first kappa shape index (κ1) is 19.1. The highest BCUT2D eigenvalue weighted by Crippen LogP contribution is 2.33. The van der Waals surface area contributed by atoms with Gasteiger partial charge >= 0.3 is 5.63 Å². The molecule has 0 radical (unpaired) electrons. The van der Waals surface area contributed by atoms with Gasteiger partial charge in [-0.05, 0) is 55.8 Å². The van der Waals surface area contributed by atoms with E-state index in [2.05, 4.69) is 26.6 Å². The average molecular weight is 453 g/mol. The Labute approximate surface area is 174 Å². The molecule has 0 saturated heterocycles. The van der Waals surface area contributed by atoms with Crippen molar-refractivity contribution >= 4 is 50.4 Å². The highest BCUT2D eigenvalue weighted by molar-refractivity contribution is 9.10. The predicted molar refractivity (Wildman–Crippen MR) is 115 cm³/mol. The van der Waals surface area contributed by atoms with Crippen molar-refractivity contribution < 1.29 is 14.0 Å². The van der Waals surface area contributed by atoms with Crippen LogP contribution in [0.5, 0.6) is 0 Å². The molecule has 29 heavy (non-hydrogen) atoms. The molecule has 0 saturated carbocycles. The Bertz CT molecular complexity index is 1260. The zero-order valence-corrected chi connectivity index (χ0v) is 17.3. The Morgan fingerprint density at radius 3 is 2.69 bits per heavy atom. The highest BCUT2D eigenvalue weighted by Gasteiger charge is 2.38. The summed E-state index contributed by atoms with van der Waals surface area (Å²) >= 11 is 3.41. The van der Waals surface area contributed by atoms with E-state index in [1.807, 2.05) is 6.07 Å². The molecule has 1 aliphatic rings. The zero-order chi connectivity index (χ0) is 20.8. The topological polar surface area (TPSA) is 88.4 Å². The number of allylic oxidation sites excluding steroid dienone is 1. The molecule has 0 spiro atoms. The van der Waals surface area contributed by atoms with Gasteiger partial charge in [-0.3, -0.25) is 9.59 Å². The summed E-state index contributed by atoms with van der Waals surface area (Å²) in [7, 11) is 0. The minimum atomic E-state index is -1.16. The Hall–Kier alpha value is -3.19. The molecular weight excluding hydrogens is 436 g/mol. The van der Waals surface area contributed by atoms with Crippen LogP contribution in [0.25, 0.3) is 17.0 Å². The normalized spacial score (nSPS) is 18.4. The van der Waals surface area contributed by atoms with Crippen molar-refractivity contribution in [3.8, 4) is 0 Å². The van der Waals surface area contributed by atoms with Gasteiger partial charge in [-0.1, -0.05) is 34.1 Å². The van der Waals surface area contributed by atoms with E-state index in [1.165, 1.54) is 13.0 Å². The van der Waals surface area contributed by atoms with Crippen LogP contribution in [0.15, 0.2) is 62.2 Å². The van der Waals surface area contributed by atoms with E-state index in [0.29, 0.717) is 22.4 Å². The van der Waals surface area contributed by atoms with Crippen LogP contribution in [-0.4, -0.2) is 11.7 Å². The molecular formula is C22H17BrN2O4. The summed E-state index contributed by atoms with van der Waals surface area (Å²) in [5, 5.41) is 6.85. The lowest BCUT2D eigenvalue weighted by molar-refractivity contribution is -0.112. The van der Waals surface area contributed by atoms with E-state index in [1.54, 1.807) is 49.4 Å². The van der Waals surface area contributed by atoms with Crippen LogP contribution in [0, 0.1) is 0 Å². The largest absolute Gasteiger partial charge is 0.422 e. The first-order chi connectivity index (χ1) is 13.8. The number of nitrogens with one attached hydrogen (secondary N) is 2. The fraction of sp³-hybridized carbons (Fsp3) is 0.136. The number of carbonyl (C=O) groups excluding carboxylic acids is 2. The molecule has 0 bridgehead atoms. The minimum Gasteiger partial charge on any atom is -0.422 e. The number of fused-ring (bicyclic) bond motifs is 2. The van der Waals surface area contributed by atoms with Crippen molar-refractivity contribution in [3.63, 3.8) is 0 Å². The number of hydrogen-bond acceptors (Lipinski definition) is 5. The van der Waals surface area contributed by atoms with Gasteiger partial charge in [-0.15, -0.1) is 0 Å². The molecule has 1 unspecified atom stereocenters. The second-order valence-electron chi connectivity index (χ2n) is 7.05. The summed E-state index contributed by atoms with van der Waals surface area (Å²) < 4.78 is 6.31. The lowest BCUT2D eigenvalue weighted by Gasteiger charge is -2.37. The smallest absolute Gasteiger partial charge is 0.343 e. The molecule has 7 heteroatoms. The lowest BCUT2D eigenvalue weighted by atomic mass is 9.94. The average Bonchev–Trinajstić information content (AvgIpc) is 2.65. The second kappa shape index (κ2) is 7.00. The van der Waals surface area contributed by atoms with Crippen LogP contribution in [0.2, 0.25) is 0 Å². The van der Waals surface area contributed by atoms with E-state index < -0.39 is 11.3 Å². The Morgan fingerprint density at radius 2 is 1.93 bits per heavy atom. The van der Waals surface area contributed by atoms with Gasteiger partial charge in [0.05, 0.1) is 11.1 Å². The molecule has 6 nitrogen and oxygen atoms in total. The van der Waals surface area contributed by atoms with Gasteiger partial charge in [0.1, 0.15) is 11.2 Å². The van der Waals surface area contributed by atoms with Crippen molar-refractivity contribution in [2.75, 3.05) is 5.32 Å². The third-order valence-electron chi connectivity index (χ3n) is 4.80. The summed E-state index contributed by atoms with van der Waals surface area (Å²) in [5.74, 6) is -0.463. The van der Waals surface area contributed by atoms with Crippen molar-refractivity contribution in [1.82, 2.24) is 5.32 Å². The number of halogens is 1. The van der Waals surface area contributed by atoms with Crippen molar-refractivity contribution in [1.29, 1.82) is 0 Å². The van der Waals surface area contributed by atoms with Gasteiger partial charge in [0.25, 0.3) is 5.91 Å². The lowest BCUT2D eigenvalue weighted by Crippen LogP contribution is -2.55. The molecule has 146 valence electrons. The van der Waals surface area contributed by atoms with Gasteiger partial charge < -0.3 is 15.1 Å². The third-order valence-corrected chi connectivity index (χ3v) is 5.30. The molecule has 1 atom stereocenters. The van der Waals surface area contributed by atoms with Crippen LogP contribution in [-0.2, 0) is 10.5 Å². The van der Waals surface area contributed by atoms with Gasteiger partial charge in [0, 0.05) is 15.5 Å². The van der Waals surface area contributed by atoms with Crippen molar-refractivity contribution in [2.45, 2.75) is 19.5 Å². The standard InChI is InChI=1S/C22H17BrN2O4/c1-12(26)6-7-13-4-3-5-17-19(13)20(27)25-22(2,24-17)16-11-14-10-15(23)8-9-18(14)29-21(16)28/h3-11,24H,1-2H3,(H,25,27)/b7-6+. The zero-order valence-electron chi connectivity index (χ0n) is 15.7. The van der Waals surface area contributed by atoms with E-state index in [-0.39, 0.29) is 17.3 Å². The molecule has 0 fully saturated rings. The maximum atomic E-state index is 13.0. The summed E-state index contributed by atoms with van der Waals surface area (Å²) in [6.07, 6.45) is 3.01. The molecule has 2 N–H and O–H groups in total. The predicted octanol–water partition coefficient (Wildman–Crippen LogP) is 4.19. The minimum absolute atomic E-state index is 0.114. The number of hydrogen-bond donors (Lipinski definition) is 2. The van der Waals surface area contributed by atoms with Crippen LogP contribution < -0.4 is 16.3 Å². The number of benzene rings is 2. The van der Waals surface area contributed by atoms with E-state index in [4.69, 9.17) is 4.42 Å². The SMILES string of the molecule is CC(=O)/C=C/c1cccc2c1C(=O)NC(C)(c1cc3cc(Br)ccc3oc1=O)N2. The first-order valence-electron chi connectivity index (χ1n) is 8.93. The summed E-state index contributed by atoms with van der Waals surface area (Å²) in [6.45, 7) is 3.15. The van der Waals surface area contributed by atoms with E-state index in [9.17, 15) is 14.4 Å². The Kier molecular flexibility index (Phi) is 4.62. The van der Waals surface area contributed by atoms with Gasteiger partial charge in [0.2, 0.25) is 0 Å². The van der Waals surface area contributed by atoms with Crippen LogP contribution in [0.4, 0.5) is 5.69 Å². The second-order valence-corrected chi connectivity index (χ2v) is 7.96. The molecule has 4 rings (SSSR count). The molecule has 2 aromatic carbocycles. The van der Waals surface area contributed by atoms with Crippen LogP contribution >= 0.6 is 15.9 Å². The van der Waals surface area contributed by atoms with Gasteiger partial charge in [-0.2, -0.15) is 0 Å². The van der Waals surface area contributed by atoms with Crippen LogP contribution in [0.1, 0.15) is 35.3 Å². The number of rotatable bonds is 3. The molecule has 1 aromatic heterocycles. The Balaban J connectivity index is 1.82. The fourth-order valence-corrected chi connectivity index (χ4v) is 3.82. The van der Waals surface area contributed by atoms with Gasteiger partial charge in [0.15, 0.2) is 5.78 Å². The molecule has 1 amide bonds. The van der Waals surface area contributed by atoms with Crippen molar-refractivity contribution in [3.05, 3.63) is 80.1 Å². The number of carbonyl (C=O) groups is 2. The number of ketones is 1. The van der Waals surface area contributed by atoms with Gasteiger partial charge in [-0.25, -0.2) is 4.79 Å². The summed E-state index contributed by atoms with van der Waals surface area (Å²) in [4.78, 5) is 36.9. The van der Waals surface area contributed by atoms with Crippen molar-refractivity contribution in [2.24, 2.45) is 0 Å². The maximum Gasteiger partial charge on any atom is 0.343 e. The highest BCUT2D eigenvalue weighted by atomic mass is 79.9. The molecule has 1 aliphatic heterocycles. The molecule has 0 aliphatic carbocycles. The number of amides is 1. The number of anilines is 1. The summed E-state index contributed by atoms with van der Waals surface area (Å²) in [6, 6.07) is 12.4.